The Bertz CT molecular complexity index is 1620. The standard InChI is InChI=1S/C27H25N5O3/c1-35-23-13-32(18-5-3-2-4-6-18)27(34)21-11-17(7-8-20(21)23)22-12-31(19-9-16(10-19)14-33)26-24(22)25(28)29-15-30-26/h2-8,11-13,15-16,19,33H,9-10,14H2,1H3,(H2,28,29,30). The van der Waals surface area contributed by atoms with Crippen molar-refractivity contribution in [1.82, 2.24) is 19.1 Å². The van der Waals surface area contributed by atoms with Crippen molar-refractivity contribution < 1.29 is 9.84 Å². The SMILES string of the molecule is COc1cn(-c2ccccc2)c(=O)c2cc(-c3cn(C4CC(CO)C4)c4ncnc(N)c34)ccc12. The number of aromatic nitrogens is 4. The molecule has 176 valence electrons. The Hall–Kier alpha value is -4.17. The molecule has 1 aliphatic carbocycles. The predicted molar refractivity (Wildman–Crippen MR) is 136 cm³/mol. The predicted octanol–water partition coefficient (Wildman–Crippen LogP) is 3.94. The highest BCUT2D eigenvalue weighted by Crippen LogP contribution is 2.43. The van der Waals surface area contributed by atoms with Crippen LogP contribution in [0.5, 0.6) is 5.75 Å². The Kier molecular flexibility index (Phi) is 5.04. The average Bonchev–Trinajstić information content (AvgIpc) is 3.25. The van der Waals surface area contributed by atoms with E-state index in [4.69, 9.17) is 10.5 Å². The van der Waals surface area contributed by atoms with Crippen molar-refractivity contribution in [2.24, 2.45) is 5.92 Å². The van der Waals surface area contributed by atoms with E-state index < -0.39 is 0 Å². The molecule has 6 rings (SSSR count). The second-order valence-corrected chi connectivity index (χ2v) is 9.05. The first-order chi connectivity index (χ1) is 17.1. The summed E-state index contributed by atoms with van der Waals surface area (Å²) in [7, 11) is 1.60. The number of nitrogen functional groups attached to an aromatic ring is 1. The lowest BCUT2D eigenvalue weighted by atomic mass is 9.81. The average molecular weight is 468 g/mol. The summed E-state index contributed by atoms with van der Waals surface area (Å²) in [5.41, 5.74) is 9.44. The number of fused-ring (bicyclic) bond motifs is 2. The van der Waals surface area contributed by atoms with Crippen LogP contribution in [-0.2, 0) is 0 Å². The molecule has 2 aromatic carbocycles. The fourth-order valence-electron chi connectivity index (χ4n) is 5.10. The molecule has 35 heavy (non-hydrogen) atoms. The third-order valence-corrected chi connectivity index (χ3v) is 7.05. The summed E-state index contributed by atoms with van der Waals surface area (Å²) in [5.74, 6) is 1.32. The lowest BCUT2D eigenvalue weighted by Gasteiger charge is -2.35. The van der Waals surface area contributed by atoms with Gasteiger partial charge in [0.05, 0.1) is 24.1 Å². The van der Waals surface area contributed by atoms with E-state index in [0.29, 0.717) is 22.9 Å². The third-order valence-electron chi connectivity index (χ3n) is 7.05. The number of anilines is 1. The summed E-state index contributed by atoms with van der Waals surface area (Å²) in [4.78, 5) is 22.3. The van der Waals surface area contributed by atoms with E-state index >= 15 is 0 Å². The highest BCUT2D eigenvalue weighted by Gasteiger charge is 2.32. The van der Waals surface area contributed by atoms with Crippen molar-refractivity contribution in [2.45, 2.75) is 18.9 Å². The number of methoxy groups -OCH3 is 1. The minimum atomic E-state index is -0.133. The van der Waals surface area contributed by atoms with E-state index in [1.165, 1.54) is 6.33 Å². The van der Waals surface area contributed by atoms with Crippen molar-refractivity contribution in [3.05, 3.63) is 77.6 Å². The van der Waals surface area contributed by atoms with Crippen LogP contribution in [0.4, 0.5) is 5.82 Å². The van der Waals surface area contributed by atoms with Gasteiger partial charge in [-0.05, 0) is 48.6 Å². The first kappa shape index (κ1) is 21.4. The second-order valence-electron chi connectivity index (χ2n) is 9.05. The highest BCUT2D eigenvalue weighted by molar-refractivity contribution is 6.02. The number of aliphatic hydroxyl groups is 1. The molecule has 0 unspecified atom stereocenters. The summed E-state index contributed by atoms with van der Waals surface area (Å²) in [6, 6.07) is 15.5. The van der Waals surface area contributed by atoms with Crippen LogP contribution in [0.2, 0.25) is 0 Å². The highest BCUT2D eigenvalue weighted by atomic mass is 16.5. The summed E-state index contributed by atoms with van der Waals surface area (Å²) < 4.78 is 9.37. The molecule has 3 aromatic heterocycles. The monoisotopic (exact) mass is 467 g/mol. The fourth-order valence-corrected chi connectivity index (χ4v) is 5.10. The maximum Gasteiger partial charge on any atom is 0.263 e. The van der Waals surface area contributed by atoms with Gasteiger partial charge >= 0.3 is 0 Å². The quantitative estimate of drug-likeness (QED) is 0.405. The first-order valence-corrected chi connectivity index (χ1v) is 11.6. The zero-order valence-electron chi connectivity index (χ0n) is 19.3. The smallest absolute Gasteiger partial charge is 0.263 e. The van der Waals surface area contributed by atoms with Crippen LogP contribution in [-0.4, -0.2) is 37.9 Å². The molecule has 0 spiro atoms. The first-order valence-electron chi connectivity index (χ1n) is 11.6. The van der Waals surface area contributed by atoms with Crippen molar-refractivity contribution in [2.75, 3.05) is 19.5 Å². The minimum absolute atomic E-state index is 0.133. The van der Waals surface area contributed by atoms with Crippen molar-refractivity contribution in [1.29, 1.82) is 0 Å². The molecule has 3 N–H and O–H groups in total. The van der Waals surface area contributed by atoms with Gasteiger partial charge in [-0.25, -0.2) is 9.97 Å². The normalized spacial score (nSPS) is 17.5. The maximum atomic E-state index is 13.6. The molecule has 8 heteroatoms. The van der Waals surface area contributed by atoms with Crippen molar-refractivity contribution in [3.63, 3.8) is 0 Å². The van der Waals surface area contributed by atoms with E-state index in [1.54, 1.807) is 17.9 Å². The molecule has 3 heterocycles. The summed E-state index contributed by atoms with van der Waals surface area (Å²) in [5, 5.41) is 11.5. The third kappa shape index (κ3) is 3.37. The van der Waals surface area contributed by atoms with Gasteiger partial charge in [0, 0.05) is 35.5 Å². The minimum Gasteiger partial charge on any atom is -0.495 e. The van der Waals surface area contributed by atoms with Crippen molar-refractivity contribution >= 4 is 27.6 Å². The van der Waals surface area contributed by atoms with Gasteiger partial charge in [0.25, 0.3) is 5.56 Å². The van der Waals surface area contributed by atoms with Gasteiger partial charge in [0.2, 0.25) is 0 Å². The van der Waals surface area contributed by atoms with E-state index in [0.717, 1.165) is 46.1 Å². The molecule has 0 saturated heterocycles. The van der Waals surface area contributed by atoms with Crippen LogP contribution >= 0.6 is 0 Å². The molecular weight excluding hydrogens is 442 g/mol. The second kappa shape index (κ2) is 8.25. The van der Waals surface area contributed by atoms with Gasteiger partial charge in [0.15, 0.2) is 0 Å². The topological polar surface area (TPSA) is 108 Å². The zero-order chi connectivity index (χ0) is 24.1. The van der Waals surface area contributed by atoms with Gasteiger partial charge in [-0.1, -0.05) is 24.3 Å². The Labute approximate surface area is 201 Å². The molecule has 0 amide bonds. The Morgan fingerprint density at radius 2 is 1.89 bits per heavy atom. The lowest BCUT2D eigenvalue weighted by Crippen LogP contribution is -2.28. The molecule has 1 fully saturated rings. The molecule has 0 atom stereocenters. The Balaban J connectivity index is 1.56. The zero-order valence-corrected chi connectivity index (χ0v) is 19.3. The van der Waals surface area contributed by atoms with E-state index in [1.807, 2.05) is 54.7 Å². The van der Waals surface area contributed by atoms with E-state index in [2.05, 4.69) is 14.5 Å². The molecule has 1 aliphatic rings. The molecule has 0 radical (unpaired) electrons. The molecule has 0 aliphatic heterocycles. The number of hydrogen-bond donors (Lipinski definition) is 2. The number of ether oxygens (including phenoxy) is 1. The molecule has 5 aromatic rings. The van der Waals surface area contributed by atoms with Crippen LogP contribution in [0.15, 0.2) is 72.0 Å². The van der Waals surface area contributed by atoms with Crippen molar-refractivity contribution in [3.8, 4) is 22.6 Å². The number of pyridine rings is 1. The molecular formula is C27H25N5O3. The fraction of sp³-hybridized carbons (Fsp3) is 0.222. The van der Waals surface area contributed by atoms with Crippen LogP contribution in [0, 0.1) is 5.92 Å². The summed E-state index contributed by atoms with van der Waals surface area (Å²) in [6.45, 7) is 0.194. The van der Waals surface area contributed by atoms with Crippen LogP contribution < -0.4 is 16.0 Å². The van der Waals surface area contributed by atoms with Crippen LogP contribution in [0.3, 0.4) is 0 Å². The summed E-state index contributed by atoms with van der Waals surface area (Å²) in [6.07, 6.45) is 7.03. The number of nitrogens with two attached hydrogens (primary N) is 1. The van der Waals surface area contributed by atoms with Gasteiger partial charge in [-0.3, -0.25) is 9.36 Å². The summed E-state index contributed by atoms with van der Waals surface area (Å²) >= 11 is 0. The van der Waals surface area contributed by atoms with E-state index in [9.17, 15) is 9.90 Å². The maximum absolute atomic E-state index is 13.6. The Morgan fingerprint density at radius 1 is 1.09 bits per heavy atom. The van der Waals surface area contributed by atoms with Crippen LogP contribution in [0.1, 0.15) is 18.9 Å². The number of para-hydroxylation sites is 1. The number of hydrogen-bond acceptors (Lipinski definition) is 6. The van der Waals surface area contributed by atoms with Gasteiger partial charge < -0.3 is 20.1 Å². The molecule has 0 bridgehead atoms. The lowest BCUT2D eigenvalue weighted by molar-refractivity contribution is 0.114. The van der Waals surface area contributed by atoms with Gasteiger partial charge in [-0.2, -0.15) is 0 Å². The van der Waals surface area contributed by atoms with Gasteiger partial charge in [0.1, 0.15) is 23.5 Å². The number of aliphatic hydroxyl groups excluding tert-OH is 1. The van der Waals surface area contributed by atoms with Crippen LogP contribution in [0.25, 0.3) is 38.6 Å². The largest absolute Gasteiger partial charge is 0.495 e. The Morgan fingerprint density at radius 3 is 2.63 bits per heavy atom. The number of benzene rings is 2. The molecule has 8 nitrogen and oxygen atoms in total. The number of rotatable bonds is 5. The number of nitrogens with zero attached hydrogens (tertiary/aromatic N) is 4. The van der Waals surface area contributed by atoms with E-state index in [-0.39, 0.29) is 18.2 Å². The van der Waals surface area contributed by atoms with Gasteiger partial charge in [-0.15, -0.1) is 0 Å². The molecule has 1 saturated carbocycles.